The Kier molecular flexibility index (Phi) is 11.8. The van der Waals surface area contributed by atoms with Crippen LogP contribution in [0.25, 0.3) is 0 Å². The van der Waals surface area contributed by atoms with Gasteiger partial charge in [-0.3, -0.25) is 9.69 Å². The second-order valence-electron chi connectivity index (χ2n) is 5.51. The van der Waals surface area contributed by atoms with Crippen LogP contribution in [0.5, 0.6) is 0 Å². The van der Waals surface area contributed by atoms with E-state index in [1.807, 2.05) is 10.3 Å². The van der Waals surface area contributed by atoms with Crippen LogP contribution in [-0.4, -0.2) is 73.2 Å². The predicted molar refractivity (Wildman–Crippen MR) is 103 cm³/mol. The average Bonchev–Trinajstić information content (AvgIpc) is 3.01. The number of amides is 1. The monoisotopic (exact) mass is 398 g/mol. The number of nitrogens with zero attached hydrogens (tertiary/aromatic N) is 3. The fourth-order valence-corrected chi connectivity index (χ4v) is 3.56. The lowest BCUT2D eigenvalue weighted by Crippen LogP contribution is -2.55. The van der Waals surface area contributed by atoms with Crippen LogP contribution in [0.15, 0.2) is 5.38 Å². The van der Waals surface area contributed by atoms with Gasteiger partial charge < -0.3 is 15.4 Å². The Bertz CT molecular complexity index is 490. The minimum atomic E-state index is 0. The number of hydrogen-bond donors (Lipinski definition) is 1. The Morgan fingerprint density at radius 3 is 2.83 bits per heavy atom. The van der Waals surface area contributed by atoms with Crippen LogP contribution in [0.1, 0.15) is 28.8 Å². The Morgan fingerprint density at radius 1 is 1.46 bits per heavy atom. The molecule has 1 fully saturated rings. The molecule has 140 valence electrons. The summed E-state index contributed by atoms with van der Waals surface area (Å²) in [5.74, 6) is 0.0457. The number of methoxy groups -OCH3 is 1. The zero-order valence-electron chi connectivity index (χ0n) is 14.3. The van der Waals surface area contributed by atoms with Crippen molar-refractivity contribution in [3.63, 3.8) is 0 Å². The molecule has 2 N–H and O–H groups in total. The Morgan fingerprint density at radius 2 is 2.21 bits per heavy atom. The first kappa shape index (κ1) is 23.6. The molecule has 24 heavy (non-hydrogen) atoms. The van der Waals surface area contributed by atoms with E-state index in [0.717, 1.165) is 50.6 Å². The summed E-state index contributed by atoms with van der Waals surface area (Å²) < 4.78 is 5.17. The van der Waals surface area contributed by atoms with Crippen LogP contribution in [0.2, 0.25) is 0 Å². The van der Waals surface area contributed by atoms with Gasteiger partial charge in [-0.05, 0) is 13.0 Å². The number of carbonyl (C=O) groups excluding carboxylic acids is 1. The third kappa shape index (κ3) is 6.13. The summed E-state index contributed by atoms with van der Waals surface area (Å²) >= 11 is 1.52. The molecule has 0 bridgehead atoms. The molecule has 2 rings (SSSR count). The first-order valence-electron chi connectivity index (χ1n) is 7.86. The molecule has 0 radical (unpaired) electrons. The first-order chi connectivity index (χ1) is 10.7. The van der Waals surface area contributed by atoms with Gasteiger partial charge in [-0.1, -0.05) is 6.92 Å². The SMILES string of the molecule is CCC1CN(C(=O)c2csc(CCN)n2)CCN1CCOC.Cl.Cl. The van der Waals surface area contributed by atoms with Crippen LogP contribution in [-0.2, 0) is 11.2 Å². The molecule has 1 aliphatic heterocycles. The van der Waals surface area contributed by atoms with Gasteiger partial charge in [0.2, 0.25) is 0 Å². The topological polar surface area (TPSA) is 71.7 Å². The molecule has 1 aromatic heterocycles. The van der Waals surface area contributed by atoms with Gasteiger partial charge >= 0.3 is 0 Å². The number of piperazine rings is 1. The maximum atomic E-state index is 12.6. The minimum Gasteiger partial charge on any atom is -0.383 e. The molecular formula is C15H28Cl2N4O2S. The maximum absolute atomic E-state index is 12.6. The molecule has 1 aromatic rings. The number of carbonyl (C=O) groups is 1. The molecule has 1 atom stereocenters. The fourth-order valence-electron chi connectivity index (χ4n) is 2.78. The number of rotatable bonds is 7. The lowest BCUT2D eigenvalue weighted by atomic mass is 10.1. The van der Waals surface area contributed by atoms with E-state index in [0.29, 0.717) is 18.3 Å². The Labute approximate surface area is 160 Å². The number of halogens is 2. The van der Waals surface area contributed by atoms with Gasteiger partial charge in [-0.25, -0.2) is 4.98 Å². The van der Waals surface area contributed by atoms with E-state index < -0.39 is 0 Å². The van der Waals surface area contributed by atoms with Gasteiger partial charge in [-0.2, -0.15) is 0 Å². The lowest BCUT2D eigenvalue weighted by molar-refractivity contribution is 0.0381. The van der Waals surface area contributed by atoms with Crippen molar-refractivity contribution >= 4 is 42.1 Å². The minimum absolute atomic E-state index is 0. The molecule has 6 nitrogen and oxygen atoms in total. The quantitative estimate of drug-likeness (QED) is 0.755. The van der Waals surface area contributed by atoms with Crippen molar-refractivity contribution in [3.8, 4) is 0 Å². The number of hydrogen-bond acceptors (Lipinski definition) is 6. The summed E-state index contributed by atoms with van der Waals surface area (Å²) in [7, 11) is 1.72. The third-order valence-electron chi connectivity index (χ3n) is 4.07. The largest absolute Gasteiger partial charge is 0.383 e. The van der Waals surface area contributed by atoms with Crippen molar-refractivity contribution < 1.29 is 9.53 Å². The zero-order valence-corrected chi connectivity index (χ0v) is 16.7. The maximum Gasteiger partial charge on any atom is 0.273 e. The van der Waals surface area contributed by atoms with Crippen LogP contribution in [0.4, 0.5) is 0 Å². The Hall–Kier alpha value is -0.440. The van der Waals surface area contributed by atoms with Crippen molar-refractivity contribution in [1.29, 1.82) is 0 Å². The van der Waals surface area contributed by atoms with Crippen molar-refractivity contribution in [2.45, 2.75) is 25.8 Å². The predicted octanol–water partition coefficient (Wildman–Crippen LogP) is 1.67. The molecule has 2 heterocycles. The molecule has 0 saturated carbocycles. The van der Waals surface area contributed by atoms with Crippen molar-refractivity contribution in [2.75, 3.05) is 46.4 Å². The number of nitrogens with two attached hydrogens (primary N) is 1. The highest BCUT2D eigenvalue weighted by atomic mass is 35.5. The zero-order chi connectivity index (χ0) is 15.9. The highest BCUT2D eigenvalue weighted by molar-refractivity contribution is 7.09. The highest BCUT2D eigenvalue weighted by Crippen LogP contribution is 2.17. The highest BCUT2D eigenvalue weighted by Gasteiger charge is 2.29. The van der Waals surface area contributed by atoms with Gasteiger partial charge in [0.25, 0.3) is 5.91 Å². The van der Waals surface area contributed by atoms with Crippen molar-refractivity contribution in [3.05, 3.63) is 16.1 Å². The molecule has 1 unspecified atom stereocenters. The van der Waals surface area contributed by atoms with E-state index in [9.17, 15) is 4.79 Å². The second kappa shape index (κ2) is 12.0. The van der Waals surface area contributed by atoms with Gasteiger partial charge in [0, 0.05) is 51.1 Å². The Balaban J connectivity index is 0.00000264. The van der Waals surface area contributed by atoms with Crippen molar-refractivity contribution in [1.82, 2.24) is 14.8 Å². The molecule has 0 aliphatic carbocycles. The number of aromatic nitrogens is 1. The number of ether oxygens (including phenoxy) is 1. The summed E-state index contributed by atoms with van der Waals surface area (Å²) in [6.07, 6.45) is 1.77. The van der Waals surface area contributed by atoms with E-state index in [4.69, 9.17) is 10.5 Å². The van der Waals surface area contributed by atoms with Gasteiger partial charge in [0.1, 0.15) is 5.69 Å². The van der Waals surface area contributed by atoms with E-state index in [1.54, 1.807) is 7.11 Å². The summed E-state index contributed by atoms with van der Waals surface area (Å²) in [6, 6.07) is 0.398. The summed E-state index contributed by atoms with van der Waals surface area (Å²) in [4.78, 5) is 21.3. The van der Waals surface area contributed by atoms with Crippen LogP contribution >= 0.6 is 36.2 Å². The van der Waals surface area contributed by atoms with E-state index in [-0.39, 0.29) is 30.7 Å². The van der Waals surface area contributed by atoms with Crippen LogP contribution in [0, 0.1) is 0 Å². The standard InChI is InChI=1S/C15H26N4O2S.2ClH/c1-3-12-10-19(7-6-18(12)8-9-21-2)15(20)13-11-22-14(17-13)4-5-16;;/h11-12H,3-10,16H2,1-2H3;2*1H. The van der Waals surface area contributed by atoms with E-state index in [2.05, 4.69) is 16.8 Å². The molecule has 9 heteroatoms. The van der Waals surface area contributed by atoms with Crippen LogP contribution in [0.3, 0.4) is 0 Å². The molecule has 1 aliphatic rings. The second-order valence-corrected chi connectivity index (χ2v) is 6.45. The van der Waals surface area contributed by atoms with E-state index in [1.165, 1.54) is 11.3 Å². The average molecular weight is 399 g/mol. The normalized spacial score (nSPS) is 18.0. The summed E-state index contributed by atoms with van der Waals surface area (Å²) in [5.41, 5.74) is 6.10. The van der Waals surface area contributed by atoms with Gasteiger partial charge in [-0.15, -0.1) is 36.2 Å². The smallest absolute Gasteiger partial charge is 0.273 e. The molecular weight excluding hydrogens is 371 g/mol. The van der Waals surface area contributed by atoms with Gasteiger partial charge in [0.15, 0.2) is 0 Å². The van der Waals surface area contributed by atoms with E-state index >= 15 is 0 Å². The van der Waals surface area contributed by atoms with Crippen molar-refractivity contribution in [2.24, 2.45) is 5.73 Å². The third-order valence-corrected chi connectivity index (χ3v) is 4.98. The summed E-state index contributed by atoms with van der Waals surface area (Å²) in [5, 5.41) is 2.79. The molecule has 1 saturated heterocycles. The lowest BCUT2D eigenvalue weighted by Gasteiger charge is -2.40. The number of thiazole rings is 1. The summed E-state index contributed by atoms with van der Waals surface area (Å²) in [6.45, 7) is 6.81. The fraction of sp³-hybridized carbons (Fsp3) is 0.733. The van der Waals surface area contributed by atoms with Gasteiger partial charge in [0.05, 0.1) is 11.6 Å². The first-order valence-corrected chi connectivity index (χ1v) is 8.74. The van der Waals surface area contributed by atoms with Crippen LogP contribution < -0.4 is 5.73 Å². The molecule has 1 amide bonds. The molecule has 0 aromatic carbocycles. The molecule has 0 spiro atoms.